The van der Waals surface area contributed by atoms with E-state index >= 15 is 0 Å². The Morgan fingerprint density at radius 1 is 0.500 bits per heavy atom. The van der Waals surface area contributed by atoms with Crippen molar-refractivity contribution < 1.29 is 9.68 Å². The first-order valence-electron chi connectivity index (χ1n) is 12.6. The van der Waals surface area contributed by atoms with Crippen LogP contribution in [0.1, 0.15) is 0 Å². The number of hydrogen-bond donors (Lipinski definition) is 1. The predicted octanol–water partition coefficient (Wildman–Crippen LogP) is 8.55. The molecule has 38 heavy (non-hydrogen) atoms. The lowest BCUT2D eigenvalue weighted by atomic mass is 9.97. The molecule has 181 valence electrons. The van der Waals surface area contributed by atoms with E-state index in [9.17, 15) is 0 Å². The van der Waals surface area contributed by atoms with Gasteiger partial charge in [-0.05, 0) is 69.9 Å². The van der Waals surface area contributed by atoms with Crippen LogP contribution in [0.3, 0.4) is 0 Å². The highest BCUT2D eigenvalue weighted by Crippen LogP contribution is 2.41. The third kappa shape index (κ3) is 4.65. The lowest BCUT2D eigenvalue weighted by Crippen LogP contribution is -2.11. The molecule has 6 rings (SSSR count). The van der Waals surface area contributed by atoms with Gasteiger partial charge < -0.3 is 14.6 Å². The summed E-state index contributed by atoms with van der Waals surface area (Å²) >= 11 is 0. The second kappa shape index (κ2) is 10.7. The molecule has 0 spiro atoms. The first kappa shape index (κ1) is 23.6. The molecule has 0 amide bonds. The molecule has 1 N–H and O–H groups in total. The molecular formula is C34H25BNO2. The van der Waals surface area contributed by atoms with Crippen molar-refractivity contribution in [2.75, 3.05) is 4.90 Å². The Hall–Kier alpha value is -4.80. The number of hydrogen-bond acceptors (Lipinski definition) is 3. The summed E-state index contributed by atoms with van der Waals surface area (Å²) in [7, 11) is 0.698. The topological polar surface area (TPSA) is 32.7 Å². The molecule has 4 heteroatoms. The van der Waals surface area contributed by atoms with Crippen LogP contribution in [0.4, 0.5) is 17.1 Å². The zero-order valence-electron chi connectivity index (χ0n) is 20.7. The van der Waals surface area contributed by atoms with Gasteiger partial charge in [0.25, 0.3) is 0 Å². The Morgan fingerprint density at radius 3 is 1.84 bits per heavy atom. The summed E-state index contributed by atoms with van der Waals surface area (Å²) in [5, 5.41) is 11.5. The lowest BCUT2D eigenvalue weighted by Gasteiger charge is -2.28. The van der Waals surface area contributed by atoms with Crippen molar-refractivity contribution in [1.82, 2.24) is 0 Å². The van der Waals surface area contributed by atoms with Gasteiger partial charge in [0.05, 0.1) is 5.69 Å². The first-order chi connectivity index (χ1) is 18.8. The van der Waals surface area contributed by atoms with Gasteiger partial charge >= 0.3 is 7.69 Å². The minimum absolute atomic E-state index is 0.568. The van der Waals surface area contributed by atoms with E-state index in [-0.39, 0.29) is 0 Å². The predicted molar refractivity (Wildman–Crippen MR) is 158 cm³/mol. The van der Waals surface area contributed by atoms with Crippen LogP contribution in [-0.4, -0.2) is 12.7 Å². The highest BCUT2D eigenvalue weighted by atomic mass is 16.5. The lowest BCUT2D eigenvalue weighted by molar-refractivity contribution is 0.454. The van der Waals surface area contributed by atoms with Gasteiger partial charge in [-0.15, -0.1) is 0 Å². The van der Waals surface area contributed by atoms with Crippen molar-refractivity contribution in [2.24, 2.45) is 0 Å². The van der Waals surface area contributed by atoms with Crippen molar-refractivity contribution in [2.45, 2.75) is 0 Å². The van der Waals surface area contributed by atoms with Gasteiger partial charge in [-0.2, -0.15) is 0 Å². The van der Waals surface area contributed by atoms with Gasteiger partial charge in [-0.1, -0.05) is 103 Å². The van der Waals surface area contributed by atoms with Crippen LogP contribution in [0.25, 0.3) is 33.0 Å². The van der Waals surface area contributed by atoms with E-state index in [1.165, 1.54) is 21.9 Å². The van der Waals surface area contributed by atoms with Gasteiger partial charge in [0.15, 0.2) is 0 Å². The van der Waals surface area contributed by atoms with Crippen LogP contribution >= 0.6 is 0 Å². The third-order valence-corrected chi connectivity index (χ3v) is 6.74. The van der Waals surface area contributed by atoms with Crippen molar-refractivity contribution in [3.05, 3.63) is 146 Å². The molecule has 0 saturated carbocycles. The molecule has 0 unspecified atom stereocenters. The first-order valence-corrected chi connectivity index (χ1v) is 12.6. The summed E-state index contributed by atoms with van der Waals surface area (Å²) in [6.45, 7) is 0. The van der Waals surface area contributed by atoms with Crippen molar-refractivity contribution in [3.8, 4) is 28.0 Å². The molecule has 0 saturated heterocycles. The number of para-hydroxylation sites is 1. The standard InChI is InChI=1S/C34H25BNO2/c37-35-38-30-23-21-29(22-24-30)36(34-16-7-6-14-33(34)26-9-2-1-3-10-26)28-19-17-27(18-20-28)32-15-8-12-25-11-4-5-13-31(25)32/h1-24,37H. The van der Waals surface area contributed by atoms with Crippen LogP contribution in [0.5, 0.6) is 5.75 Å². The number of nitrogens with zero attached hydrogens (tertiary/aromatic N) is 1. The summed E-state index contributed by atoms with van der Waals surface area (Å²) in [5.41, 5.74) is 7.76. The molecule has 3 nitrogen and oxygen atoms in total. The van der Waals surface area contributed by atoms with Crippen molar-refractivity contribution in [3.63, 3.8) is 0 Å². The average molecular weight is 490 g/mol. The summed E-state index contributed by atoms with van der Waals surface area (Å²) in [6, 6.07) is 50.2. The van der Waals surface area contributed by atoms with Crippen LogP contribution in [-0.2, 0) is 0 Å². The number of rotatable bonds is 7. The minimum atomic E-state index is 0.568. The number of fused-ring (bicyclic) bond motifs is 1. The van der Waals surface area contributed by atoms with Crippen LogP contribution in [0, 0.1) is 0 Å². The molecule has 0 fully saturated rings. The van der Waals surface area contributed by atoms with Crippen molar-refractivity contribution >= 4 is 35.5 Å². The summed E-state index contributed by atoms with van der Waals surface area (Å²) in [5.74, 6) is 0.568. The zero-order valence-corrected chi connectivity index (χ0v) is 20.7. The van der Waals surface area contributed by atoms with E-state index in [2.05, 4.69) is 120 Å². The fraction of sp³-hybridized carbons (Fsp3) is 0. The second-order valence-corrected chi connectivity index (χ2v) is 9.01. The Bertz CT molecular complexity index is 1660. The second-order valence-electron chi connectivity index (χ2n) is 9.01. The fourth-order valence-corrected chi connectivity index (χ4v) is 4.96. The molecule has 1 radical (unpaired) electrons. The monoisotopic (exact) mass is 490 g/mol. The maximum absolute atomic E-state index is 9.05. The van der Waals surface area contributed by atoms with E-state index in [4.69, 9.17) is 9.68 Å². The van der Waals surface area contributed by atoms with Crippen LogP contribution in [0.15, 0.2) is 146 Å². The molecule has 6 aromatic rings. The molecule has 0 bridgehead atoms. The molecule has 0 atom stereocenters. The van der Waals surface area contributed by atoms with E-state index in [1.54, 1.807) is 0 Å². The Balaban J connectivity index is 1.47. The molecule has 0 aliphatic carbocycles. The largest absolute Gasteiger partial charge is 0.569 e. The third-order valence-electron chi connectivity index (χ3n) is 6.74. The van der Waals surface area contributed by atoms with Gasteiger partial charge in [0.1, 0.15) is 5.75 Å². The molecule has 0 aliphatic heterocycles. The Morgan fingerprint density at radius 2 is 1.08 bits per heavy atom. The van der Waals surface area contributed by atoms with E-state index in [1.807, 2.05) is 30.3 Å². The molecule has 0 aliphatic rings. The van der Waals surface area contributed by atoms with E-state index in [0.29, 0.717) is 13.4 Å². The zero-order chi connectivity index (χ0) is 25.7. The average Bonchev–Trinajstić information content (AvgIpc) is 2.99. The normalized spacial score (nSPS) is 10.8. The van der Waals surface area contributed by atoms with Gasteiger partial charge in [-0.3, -0.25) is 0 Å². The fourth-order valence-electron chi connectivity index (χ4n) is 4.96. The molecule has 0 aromatic heterocycles. The Labute approximate surface area is 223 Å². The minimum Gasteiger partial charge on any atom is -0.537 e. The highest BCUT2D eigenvalue weighted by molar-refractivity contribution is 6.17. The van der Waals surface area contributed by atoms with Gasteiger partial charge in [0, 0.05) is 16.9 Å². The van der Waals surface area contributed by atoms with E-state index in [0.717, 1.165) is 28.2 Å². The number of anilines is 3. The summed E-state index contributed by atoms with van der Waals surface area (Å²) in [6.07, 6.45) is 0. The smallest absolute Gasteiger partial charge is 0.537 e. The molecule has 6 aromatic carbocycles. The van der Waals surface area contributed by atoms with E-state index < -0.39 is 0 Å². The summed E-state index contributed by atoms with van der Waals surface area (Å²) in [4.78, 5) is 2.25. The van der Waals surface area contributed by atoms with Crippen LogP contribution < -0.4 is 9.55 Å². The maximum Gasteiger partial charge on any atom is 0.569 e. The SMILES string of the molecule is O[B]Oc1ccc(N(c2ccc(-c3cccc4ccccc34)cc2)c2ccccc2-c2ccccc2)cc1. The van der Waals surface area contributed by atoms with Crippen LogP contribution in [0.2, 0.25) is 0 Å². The van der Waals surface area contributed by atoms with Gasteiger partial charge in [-0.25, -0.2) is 0 Å². The summed E-state index contributed by atoms with van der Waals surface area (Å²) < 4.78 is 5.16. The quantitative estimate of drug-likeness (QED) is 0.228. The van der Waals surface area contributed by atoms with Gasteiger partial charge in [0.2, 0.25) is 0 Å². The Kier molecular flexibility index (Phi) is 6.63. The maximum atomic E-state index is 9.05. The van der Waals surface area contributed by atoms with Crippen molar-refractivity contribution in [1.29, 1.82) is 0 Å². The molecule has 0 heterocycles. The molecular weight excluding hydrogens is 465 g/mol. The highest BCUT2D eigenvalue weighted by Gasteiger charge is 2.17. The number of benzene rings is 6.